The SMILES string of the molecule is Cc1nccc(-c2ncc3c(N4CCC5(CC4)Cc4ncccc4C5N)nccn23)c1Cl. The lowest BCUT2D eigenvalue weighted by atomic mass is 9.73. The molecule has 0 amide bonds. The largest absolute Gasteiger partial charge is 0.355 e. The number of aromatic nitrogens is 5. The first-order chi connectivity index (χ1) is 15.6. The average Bonchev–Trinajstić information content (AvgIpc) is 3.36. The first kappa shape index (κ1) is 19.6. The molecule has 1 fully saturated rings. The van der Waals surface area contributed by atoms with Crippen LogP contribution in [0.15, 0.2) is 49.2 Å². The lowest BCUT2D eigenvalue weighted by Gasteiger charge is -2.42. The summed E-state index contributed by atoms with van der Waals surface area (Å²) < 4.78 is 2.06. The molecule has 4 aromatic heterocycles. The van der Waals surface area contributed by atoms with Crippen molar-refractivity contribution in [1.29, 1.82) is 0 Å². The van der Waals surface area contributed by atoms with Gasteiger partial charge in [-0.2, -0.15) is 0 Å². The molecule has 1 aliphatic carbocycles. The molecule has 1 spiro atoms. The summed E-state index contributed by atoms with van der Waals surface area (Å²) in [5, 5.41) is 0.627. The summed E-state index contributed by atoms with van der Waals surface area (Å²) in [5.41, 5.74) is 11.8. The van der Waals surface area contributed by atoms with Crippen LogP contribution in [0.2, 0.25) is 5.02 Å². The van der Waals surface area contributed by atoms with Gasteiger partial charge in [0.15, 0.2) is 5.82 Å². The van der Waals surface area contributed by atoms with E-state index in [1.54, 1.807) is 6.20 Å². The van der Waals surface area contributed by atoms with Crippen LogP contribution in [0.5, 0.6) is 0 Å². The third-order valence-electron chi connectivity index (χ3n) is 7.24. The van der Waals surface area contributed by atoms with E-state index in [-0.39, 0.29) is 11.5 Å². The van der Waals surface area contributed by atoms with E-state index in [1.807, 2.05) is 43.8 Å². The van der Waals surface area contributed by atoms with Crippen molar-refractivity contribution in [2.45, 2.75) is 32.2 Å². The highest BCUT2D eigenvalue weighted by Crippen LogP contribution is 2.50. The molecule has 0 bridgehead atoms. The number of halogens is 1. The predicted molar refractivity (Wildman–Crippen MR) is 125 cm³/mol. The summed E-state index contributed by atoms with van der Waals surface area (Å²) in [7, 11) is 0. The lowest BCUT2D eigenvalue weighted by Crippen LogP contribution is -2.44. The Hall–Kier alpha value is -3.03. The fraction of sp³-hybridized carbons (Fsp3) is 0.333. The topological polar surface area (TPSA) is 85.2 Å². The molecule has 1 unspecified atom stereocenters. The second kappa shape index (κ2) is 7.25. The number of nitrogens with zero attached hydrogens (tertiary/aromatic N) is 6. The van der Waals surface area contributed by atoms with Crippen LogP contribution < -0.4 is 10.6 Å². The number of pyridine rings is 2. The Morgan fingerprint density at radius 3 is 2.72 bits per heavy atom. The van der Waals surface area contributed by atoms with Gasteiger partial charge < -0.3 is 10.6 Å². The van der Waals surface area contributed by atoms with E-state index in [0.29, 0.717) is 5.02 Å². The highest BCUT2D eigenvalue weighted by molar-refractivity contribution is 6.33. The van der Waals surface area contributed by atoms with Gasteiger partial charge >= 0.3 is 0 Å². The molecule has 2 aliphatic rings. The van der Waals surface area contributed by atoms with Crippen LogP contribution in [-0.4, -0.2) is 37.4 Å². The zero-order valence-electron chi connectivity index (χ0n) is 17.9. The first-order valence-corrected chi connectivity index (χ1v) is 11.3. The number of aryl methyl sites for hydroxylation is 1. The molecule has 5 heterocycles. The molecule has 6 rings (SSSR count). The van der Waals surface area contributed by atoms with Crippen LogP contribution in [0, 0.1) is 12.3 Å². The second-order valence-electron chi connectivity index (χ2n) is 8.89. The van der Waals surface area contributed by atoms with Gasteiger partial charge in [-0.3, -0.25) is 14.4 Å². The van der Waals surface area contributed by atoms with E-state index in [4.69, 9.17) is 22.3 Å². The molecule has 32 heavy (non-hydrogen) atoms. The van der Waals surface area contributed by atoms with E-state index in [0.717, 1.165) is 60.8 Å². The number of fused-ring (bicyclic) bond motifs is 2. The van der Waals surface area contributed by atoms with Gasteiger partial charge in [-0.1, -0.05) is 17.7 Å². The Morgan fingerprint density at radius 2 is 1.91 bits per heavy atom. The maximum Gasteiger partial charge on any atom is 0.154 e. The van der Waals surface area contributed by atoms with E-state index >= 15 is 0 Å². The minimum Gasteiger partial charge on any atom is -0.355 e. The fourth-order valence-electron chi connectivity index (χ4n) is 5.38. The van der Waals surface area contributed by atoms with Crippen LogP contribution in [0.25, 0.3) is 16.9 Å². The van der Waals surface area contributed by atoms with Crippen molar-refractivity contribution < 1.29 is 0 Å². The summed E-state index contributed by atoms with van der Waals surface area (Å²) in [5.74, 6) is 1.75. The molecule has 1 aliphatic heterocycles. The van der Waals surface area contributed by atoms with E-state index < -0.39 is 0 Å². The molecule has 1 saturated heterocycles. The van der Waals surface area contributed by atoms with Gasteiger partial charge in [0, 0.05) is 55.2 Å². The van der Waals surface area contributed by atoms with Gasteiger partial charge in [-0.25, -0.2) is 9.97 Å². The number of anilines is 1. The molecule has 2 N–H and O–H groups in total. The maximum atomic E-state index is 6.72. The smallest absolute Gasteiger partial charge is 0.154 e. The number of imidazole rings is 1. The molecule has 0 radical (unpaired) electrons. The van der Waals surface area contributed by atoms with Crippen molar-refractivity contribution in [2.24, 2.45) is 11.1 Å². The molecule has 7 nitrogen and oxygen atoms in total. The number of piperidine rings is 1. The van der Waals surface area contributed by atoms with Crippen molar-refractivity contribution in [3.63, 3.8) is 0 Å². The van der Waals surface area contributed by atoms with Gasteiger partial charge in [0.2, 0.25) is 0 Å². The van der Waals surface area contributed by atoms with Gasteiger partial charge in [0.05, 0.1) is 16.9 Å². The molecule has 0 saturated carbocycles. The summed E-state index contributed by atoms with van der Waals surface area (Å²) in [6.45, 7) is 3.72. The van der Waals surface area contributed by atoms with E-state index in [9.17, 15) is 0 Å². The Bertz CT molecular complexity index is 1320. The highest BCUT2D eigenvalue weighted by atomic mass is 35.5. The van der Waals surface area contributed by atoms with Crippen LogP contribution in [-0.2, 0) is 6.42 Å². The van der Waals surface area contributed by atoms with Crippen LogP contribution in [0.1, 0.15) is 35.8 Å². The molecule has 162 valence electrons. The Labute approximate surface area is 191 Å². The van der Waals surface area contributed by atoms with Crippen molar-refractivity contribution in [3.8, 4) is 11.4 Å². The third kappa shape index (κ3) is 2.84. The minimum atomic E-state index is 0.0516. The number of rotatable bonds is 2. The van der Waals surface area contributed by atoms with Gasteiger partial charge in [-0.05, 0) is 49.3 Å². The predicted octanol–water partition coefficient (Wildman–Crippen LogP) is 3.99. The maximum absolute atomic E-state index is 6.72. The second-order valence-corrected chi connectivity index (χ2v) is 9.27. The molecule has 4 aromatic rings. The molecule has 8 heteroatoms. The average molecular weight is 446 g/mol. The zero-order chi connectivity index (χ0) is 21.9. The summed E-state index contributed by atoms with van der Waals surface area (Å²) in [6.07, 6.45) is 12.3. The quantitative estimate of drug-likeness (QED) is 0.502. The molecule has 0 aromatic carbocycles. The Balaban J connectivity index is 1.31. The zero-order valence-corrected chi connectivity index (χ0v) is 18.6. The fourth-order valence-corrected chi connectivity index (χ4v) is 5.58. The van der Waals surface area contributed by atoms with Crippen LogP contribution in [0.4, 0.5) is 5.82 Å². The lowest BCUT2D eigenvalue weighted by molar-refractivity contribution is 0.187. The van der Waals surface area contributed by atoms with Crippen molar-refractivity contribution in [2.75, 3.05) is 18.0 Å². The van der Waals surface area contributed by atoms with Crippen molar-refractivity contribution in [3.05, 3.63) is 71.2 Å². The van der Waals surface area contributed by atoms with Crippen molar-refractivity contribution >= 4 is 22.9 Å². The van der Waals surface area contributed by atoms with Crippen LogP contribution >= 0.6 is 11.6 Å². The summed E-state index contributed by atoms with van der Waals surface area (Å²) in [6, 6.07) is 6.08. The van der Waals surface area contributed by atoms with E-state index in [1.165, 1.54) is 11.3 Å². The molecule has 1 atom stereocenters. The number of hydrogen-bond acceptors (Lipinski definition) is 6. The van der Waals surface area contributed by atoms with Gasteiger partial charge in [0.1, 0.15) is 11.3 Å². The number of nitrogens with two attached hydrogens (primary N) is 1. The highest BCUT2D eigenvalue weighted by Gasteiger charge is 2.46. The Morgan fingerprint density at radius 1 is 1.06 bits per heavy atom. The molecular formula is C24H24ClN7. The van der Waals surface area contributed by atoms with Crippen molar-refractivity contribution in [1.82, 2.24) is 24.3 Å². The minimum absolute atomic E-state index is 0.0516. The Kier molecular flexibility index (Phi) is 4.45. The van der Waals surface area contributed by atoms with Gasteiger partial charge in [0.25, 0.3) is 0 Å². The summed E-state index contributed by atoms with van der Waals surface area (Å²) in [4.78, 5) is 20.6. The standard InChI is InChI=1S/C24H24ClN7/c1-15-20(25)17(4-8-27-15)22-30-14-19-23(29-9-12-32(19)22)31-10-5-24(6-11-31)13-18-16(21(24)26)3-2-7-28-18/h2-4,7-9,12,14,21H,5-6,10-11,13,26H2,1H3. The number of hydrogen-bond donors (Lipinski definition) is 1. The third-order valence-corrected chi connectivity index (χ3v) is 7.72. The monoisotopic (exact) mass is 445 g/mol. The summed E-state index contributed by atoms with van der Waals surface area (Å²) >= 11 is 6.54. The normalized spacial score (nSPS) is 19.6. The first-order valence-electron chi connectivity index (χ1n) is 11.0. The van der Waals surface area contributed by atoms with Crippen LogP contribution in [0.3, 0.4) is 0 Å². The van der Waals surface area contributed by atoms with Gasteiger partial charge in [-0.15, -0.1) is 0 Å². The molecular weight excluding hydrogens is 422 g/mol. The van der Waals surface area contributed by atoms with E-state index in [2.05, 4.69) is 30.3 Å².